The number of thiazole rings is 1. The molecule has 29 heavy (non-hydrogen) atoms. The van der Waals surface area contributed by atoms with Gasteiger partial charge in [0.05, 0.1) is 17.3 Å². The van der Waals surface area contributed by atoms with Gasteiger partial charge in [-0.3, -0.25) is 10.1 Å². The normalized spacial score (nSPS) is 10.3. The van der Waals surface area contributed by atoms with Crippen LogP contribution in [-0.4, -0.2) is 10.9 Å². The van der Waals surface area contributed by atoms with E-state index in [1.165, 1.54) is 22.5 Å². The van der Waals surface area contributed by atoms with Gasteiger partial charge in [-0.1, -0.05) is 54.6 Å². The highest BCUT2D eigenvalue weighted by Crippen LogP contribution is 2.26. The van der Waals surface area contributed by atoms with E-state index in [9.17, 15) is 4.79 Å². The maximum absolute atomic E-state index is 12.4. The Bertz CT molecular complexity index is 1160. The number of nitrogens with one attached hydrogen (secondary N) is 1. The third kappa shape index (κ3) is 4.57. The van der Waals surface area contributed by atoms with Gasteiger partial charge in [-0.15, -0.1) is 11.3 Å². The zero-order chi connectivity index (χ0) is 20.1. The highest BCUT2D eigenvalue weighted by molar-refractivity contribution is 7.14. The Balaban J connectivity index is 1.43. The average Bonchev–Trinajstić information content (AvgIpc) is 3.23. The molecule has 0 spiro atoms. The van der Waals surface area contributed by atoms with Crippen LogP contribution in [0.15, 0.2) is 84.2 Å². The largest absolute Gasteiger partial charge is 0.298 e. The second-order valence-electron chi connectivity index (χ2n) is 6.54. The molecule has 0 bridgehead atoms. The first-order chi connectivity index (χ1) is 14.2. The predicted octanol–water partition coefficient (Wildman–Crippen LogP) is 5.52. The Morgan fingerprint density at radius 1 is 0.931 bits per heavy atom. The number of benzene rings is 3. The molecule has 0 aliphatic carbocycles. The molecule has 1 heterocycles. The van der Waals surface area contributed by atoms with Crippen molar-refractivity contribution >= 4 is 22.4 Å². The van der Waals surface area contributed by atoms with E-state index in [1.807, 2.05) is 29.6 Å². The molecule has 0 aliphatic heterocycles. The lowest BCUT2D eigenvalue weighted by Gasteiger charge is -2.03. The van der Waals surface area contributed by atoms with Crippen LogP contribution in [0.5, 0.6) is 0 Å². The summed E-state index contributed by atoms with van der Waals surface area (Å²) in [6.45, 7) is 0. The molecule has 0 saturated heterocycles. The van der Waals surface area contributed by atoms with Gasteiger partial charge in [0.25, 0.3) is 5.91 Å². The fourth-order valence-electron chi connectivity index (χ4n) is 2.95. The van der Waals surface area contributed by atoms with E-state index < -0.39 is 0 Å². The van der Waals surface area contributed by atoms with Gasteiger partial charge in [0.15, 0.2) is 5.13 Å². The molecule has 1 N–H and O–H groups in total. The second-order valence-corrected chi connectivity index (χ2v) is 7.40. The Hall–Kier alpha value is -3.75. The molecule has 0 saturated carbocycles. The molecular weight excluding hydrogens is 378 g/mol. The number of carbonyl (C=O) groups excluding carboxylic acids is 1. The molecule has 5 heteroatoms. The molecule has 4 aromatic rings. The minimum atomic E-state index is -0.242. The smallest absolute Gasteiger partial charge is 0.257 e. The Morgan fingerprint density at radius 2 is 1.62 bits per heavy atom. The summed E-state index contributed by atoms with van der Waals surface area (Å²) in [6.07, 6.45) is 0.893. The van der Waals surface area contributed by atoms with E-state index in [-0.39, 0.29) is 5.91 Å². The van der Waals surface area contributed by atoms with Crippen LogP contribution in [0.2, 0.25) is 0 Å². The Morgan fingerprint density at radius 3 is 2.31 bits per heavy atom. The van der Waals surface area contributed by atoms with Gasteiger partial charge in [-0.05, 0) is 41.8 Å². The average molecular weight is 395 g/mol. The van der Waals surface area contributed by atoms with Crippen molar-refractivity contribution in [3.05, 3.63) is 106 Å². The topological polar surface area (TPSA) is 65.8 Å². The lowest BCUT2D eigenvalue weighted by atomic mass is 10.0. The SMILES string of the molecule is N#Cc1ccc(C(=O)Nc2nc(-c3ccc(Cc4ccccc4)cc3)cs2)cc1. The van der Waals surface area contributed by atoms with Crippen LogP contribution in [0.25, 0.3) is 11.3 Å². The fourth-order valence-corrected chi connectivity index (χ4v) is 3.67. The number of nitriles is 1. The van der Waals surface area contributed by atoms with Gasteiger partial charge in [0.2, 0.25) is 0 Å². The van der Waals surface area contributed by atoms with Crippen LogP contribution in [-0.2, 0) is 6.42 Å². The van der Waals surface area contributed by atoms with E-state index in [1.54, 1.807) is 24.3 Å². The quantitative estimate of drug-likeness (QED) is 0.483. The van der Waals surface area contributed by atoms with Crippen molar-refractivity contribution in [1.29, 1.82) is 5.26 Å². The maximum Gasteiger partial charge on any atom is 0.257 e. The van der Waals surface area contributed by atoms with Crippen molar-refractivity contribution in [2.45, 2.75) is 6.42 Å². The number of amides is 1. The molecule has 0 atom stereocenters. The van der Waals surface area contributed by atoms with E-state index >= 15 is 0 Å². The molecule has 0 fully saturated rings. The molecule has 4 rings (SSSR count). The summed E-state index contributed by atoms with van der Waals surface area (Å²) < 4.78 is 0. The summed E-state index contributed by atoms with van der Waals surface area (Å²) in [4.78, 5) is 16.9. The maximum atomic E-state index is 12.4. The van der Waals surface area contributed by atoms with E-state index in [2.05, 4.69) is 46.7 Å². The third-order valence-corrected chi connectivity index (χ3v) is 5.26. The molecule has 1 amide bonds. The number of nitrogens with zero attached hydrogens (tertiary/aromatic N) is 2. The van der Waals surface area contributed by atoms with Gasteiger partial charge in [-0.2, -0.15) is 5.26 Å². The number of carbonyl (C=O) groups is 1. The summed E-state index contributed by atoms with van der Waals surface area (Å²) in [7, 11) is 0. The number of rotatable bonds is 5. The van der Waals surface area contributed by atoms with Gasteiger partial charge in [-0.25, -0.2) is 4.98 Å². The van der Waals surface area contributed by atoms with Crippen LogP contribution in [0, 0.1) is 11.3 Å². The van der Waals surface area contributed by atoms with Crippen LogP contribution < -0.4 is 5.32 Å². The minimum absolute atomic E-state index is 0.242. The molecule has 3 aromatic carbocycles. The third-order valence-electron chi connectivity index (χ3n) is 4.50. The summed E-state index contributed by atoms with van der Waals surface area (Å²) >= 11 is 1.39. The van der Waals surface area contributed by atoms with Crippen molar-refractivity contribution in [2.24, 2.45) is 0 Å². The highest BCUT2D eigenvalue weighted by Gasteiger charge is 2.10. The summed E-state index contributed by atoms with van der Waals surface area (Å²) in [5.41, 5.74) is 5.37. The Kier molecular flexibility index (Phi) is 5.46. The first-order valence-electron chi connectivity index (χ1n) is 9.11. The lowest BCUT2D eigenvalue weighted by Crippen LogP contribution is -2.11. The van der Waals surface area contributed by atoms with Crippen molar-refractivity contribution in [3.8, 4) is 17.3 Å². The Labute approximate surface area is 173 Å². The molecule has 0 radical (unpaired) electrons. The second kappa shape index (κ2) is 8.51. The zero-order valence-corrected chi connectivity index (χ0v) is 16.3. The van der Waals surface area contributed by atoms with Crippen LogP contribution >= 0.6 is 11.3 Å². The molecular formula is C24H17N3OS. The lowest BCUT2D eigenvalue weighted by molar-refractivity contribution is 0.102. The zero-order valence-electron chi connectivity index (χ0n) is 15.5. The molecule has 140 valence electrons. The monoisotopic (exact) mass is 395 g/mol. The molecule has 0 unspecified atom stereocenters. The first-order valence-corrected chi connectivity index (χ1v) is 9.99. The number of hydrogen-bond acceptors (Lipinski definition) is 4. The minimum Gasteiger partial charge on any atom is -0.298 e. The van der Waals surface area contributed by atoms with E-state index in [0.717, 1.165) is 17.7 Å². The van der Waals surface area contributed by atoms with Crippen LogP contribution in [0.4, 0.5) is 5.13 Å². The van der Waals surface area contributed by atoms with Crippen molar-refractivity contribution < 1.29 is 4.79 Å². The molecule has 4 nitrogen and oxygen atoms in total. The predicted molar refractivity (Wildman–Crippen MR) is 116 cm³/mol. The summed E-state index contributed by atoms with van der Waals surface area (Å²) in [5, 5.41) is 14.1. The molecule has 0 aliphatic rings. The van der Waals surface area contributed by atoms with Gasteiger partial charge in [0, 0.05) is 16.5 Å². The van der Waals surface area contributed by atoms with Crippen LogP contribution in [0.1, 0.15) is 27.0 Å². The highest BCUT2D eigenvalue weighted by atomic mass is 32.1. The van der Waals surface area contributed by atoms with E-state index in [4.69, 9.17) is 5.26 Å². The number of aromatic nitrogens is 1. The fraction of sp³-hybridized carbons (Fsp3) is 0.0417. The van der Waals surface area contributed by atoms with Crippen LogP contribution in [0.3, 0.4) is 0 Å². The van der Waals surface area contributed by atoms with Crippen molar-refractivity contribution in [2.75, 3.05) is 5.32 Å². The van der Waals surface area contributed by atoms with Gasteiger partial charge in [0.1, 0.15) is 0 Å². The number of anilines is 1. The number of hydrogen-bond donors (Lipinski definition) is 1. The molecule has 1 aromatic heterocycles. The van der Waals surface area contributed by atoms with Gasteiger partial charge < -0.3 is 0 Å². The van der Waals surface area contributed by atoms with Gasteiger partial charge >= 0.3 is 0 Å². The standard InChI is InChI=1S/C24H17N3OS/c25-15-19-8-12-21(13-9-19)23(28)27-24-26-22(16-29-24)20-10-6-18(7-11-20)14-17-4-2-1-3-5-17/h1-13,16H,14H2,(H,26,27,28). The summed E-state index contributed by atoms with van der Waals surface area (Å²) in [5.74, 6) is -0.242. The van der Waals surface area contributed by atoms with Crippen molar-refractivity contribution in [3.63, 3.8) is 0 Å². The summed E-state index contributed by atoms with van der Waals surface area (Å²) in [6, 6.07) is 27.2. The van der Waals surface area contributed by atoms with E-state index in [0.29, 0.717) is 16.3 Å². The first kappa shape index (κ1) is 18.6. The van der Waals surface area contributed by atoms with Crippen molar-refractivity contribution in [1.82, 2.24) is 4.98 Å².